The molecule has 0 saturated heterocycles. The Labute approximate surface area is 182 Å². The van der Waals surface area contributed by atoms with Gasteiger partial charge in [-0.05, 0) is 42.8 Å². The standard InChI is InChI=1S/C22H20N4O4S/c1-3-30-16-7-5-4-6-14(16)20-19(28)18-21(31-20)22(24-12-23-18)26-25-11-13-8-9-17(29-2)15(27)10-13/h4-12,27-28H,3H2,1-2H3,(H,23,24,26)/b25-11+. The van der Waals surface area contributed by atoms with Crippen LogP contribution in [0.4, 0.5) is 5.82 Å². The second-order valence-electron chi connectivity index (χ2n) is 6.41. The molecule has 158 valence electrons. The van der Waals surface area contributed by atoms with Crippen molar-refractivity contribution in [3.8, 4) is 33.4 Å². The molecule has 2 aromatic heterocycles. The van der Waals surface area contributed by atoms with E-state index in [0.29, 0.717) is 44.6 Å². The molecule has 31 heavy (non-hydrogen) atoms. The van der Waals surface area contributed by atoms with E-state index in [4.69, 9.17) is 9.47 Å². The fourth-order valence-electron chi connectivity index (χ4n) is 3.05. The van der Waals surface area contributed by atoms with Gasteiger partial charge in [0.15, 0.2) is 23.1 Å². The summed E-state index contributed by atoms with van der Waals surface area (Å²) in [6, 6.07) is 12.5. The largest absolute Gasteiger partial charge is 0.504 e. The Kier molecular flexibility index (Phi) is 5.85. The average molecular weight is 436 g/mol. The molecule has 0 bridgehead atoms. The van der Waals surface area contributed by atoms with Crippen LogP contribution in [0.3, 0.4) is 0 Å². The average Bonchev–Trinajstić information content (AvgIpc) is 3.12. The fourth-order valence-corrected chi connectivity index (χ4v) is 4.17. The first kappa shape index (κ1) is 20.4. The molecule has 0 spiro atoms. The van der Waals surface area contributed by atoms with E-state index in [0.717, 1.165) is 5.56 Å². The molecule has 3 N–H and O–H groups in total. The first-order valence-corrected chi connectivity index (χ1v) is 10.3. The number of methoxy groups -OCH3 is 1. The van der Waals surface area contributed by atoms with Crippen molar-refractivity contribution in [3.05, 3.63) is 54.4 Å². The van der Waals surface area contributed by atoms with Crippen LogP contribution in [0.5, 0.6) is 23.0 Å². The number of rotatable bonds is 7. The SMILES string of the molecule is CCOc1ccccc1-c1sc2c(N/N=C/c3ccc(OC)c(O)c3)ncnc2c1O. The summed E-state index contributed by atoms with van der Waals surface area (Å²) in [5.41, 5.74) is 4.78. The van der Waals surface area contributed by atoms with E-state index in [1.807, 2.05) is 31.2 Å². The Bertz CT molecular complexity index is 1260. The van der Waals surface area contributed by atoms with Gasteiger partial charge >= 0.3 is 0 Å². The van der Waals surface area contributed by atoms with Gasteiger partial charge in [-0.25, -0.2) is 9.97 Å². The van der Waals surface area contributed by atoms with Gasteiger partial charge in [-0.2, -0.15) is 5.10 Å². The van der Waals surface area contributed by atoms with Gasteiger partial charge in [-0.1, -0.05) is 12.1 Å². The second-order valence-corrected chi connectivity index (χ2v) is 7.43. The third-order valence-electron chi connectivity index (χ3n) is 4.47. The molecule has 0 radical (unpaired) electrons. The maximum Gasteiger partial charge on any atom is 0.167 e. The first-order chi connectivity index (χ1) is 15.1. The number of ether oxygens (including phenoxy) is 2. The summed E-state index contributed by atoms with van der Waals surface area (Å²) in [7, 11) is 1.49. The van der Waals surface area contributed by atoms with Gasteiger partial charge in [0, 0.05) is 5.56 Å². The number of thiophene rings is 1. The Balaban J connectivity index is 1.66. The summed E-state index contributed by atoms with van der Waals surface area (Å²) >= 11 is 1.35. The first-order valence-electron chi connectivity index (χ1n) is 9.47. The number of anilines is 1. The topological polar surface area (TPSA) is 109 Å². The maximum absolute atomic E-state index is 10.8. The molecule has 2 heterocycles. The van der Waals surface area contributed by atoms with Crippen LogP contribution in [0, 0.1) is 0 Å². The second kappa shape index (κ2) is 8.88. The minimum atomic E-state index is 0.0247. The van der Waals surface area contributed by atoms with Crippen LogP contribution in [0.25, 0.3) is 20.7 Å². The van der Waals surface area contributed by atoms with Gasteiger partial charge in [-0.15, -0.1) is 11.3 Å². The van der Waals surface area contributed by atoms with Crippen LogP contribution in [-0.4, -0.2) is 40.1 Å². The van der Waals surface area contributed by atoms with Crippen LogP contribution in [0.1, 0.15) is 12.5 Å². The van der Waals surface area contributed by atoms with Crippen molar-refractivity contribution in [3.63, 3.8) is 0 Å². The lowest BCUT2D eigenvalue weighted by molar-refractivity contribution is 0.341. The van der Waals surface area contributed by atoms with Crippen molar-refractivity contribution in [1.29, 1.82) is 0 Å². The monoisotopic (exact) mass is 436 g/mol. The van der Waals surface area contributed by atoms with E-state index in [9.17, 15) is 10.2 Å². The molecule has 0 aliphatic carbocycles. The van der Waals surface area contributed by atoms with Crippen molar-refractivity contribution in [2.75, 3.05) is 19.1 Å². The summed E-state index contributed by atoms with van der Waals surface area (Å²) in [5.74, 6) is 1.63. The highest BCUT2D eigenvalue weighted by molar-refractivity contribution is 7.23. The lowest BCUT2D eigenvalue weighted by atomic mass is 10.1. The third-order valence-corrected chi connectivity index (χ3v) is 5.67. The van der Waals surface area contributed by atoms with E-state index in [1.165, 1.54) is 24.8 Å². The summed E-state index contributed by atoms with van der Waals surface area (Å²) in [6.45, 7) is 2.43. The van der Waals surface area contributed by atoms with Gasteiger partial charge in [0.05, 0.1) is 24.8 Å². The van der Waals surface area contributed by atoms with Crippen LogP contribution >= 0.6 is 11.3 Å². The van der Waals surface area contributed by atoms with Gasteiger partial charge in [0.1, 0.15) is 22.3 Å². The van der Waals surface area contributed by atoms with Gasteiger partial charge in [-0.3, -0.25) is 5.43 Å². The van der Waals surface area contributed by atoms with E-state index in [1.54, 1.807) is 24.4 Å². The number of phenols is 1. The number of aromatic hydroxyl groups is 2. The van der Waals surface area contributed by atoms with Crippen LogP contribution in [-0.2, 0) is 0 Å². The number of hydrogen-bond acceptors (Lipinski definition) is 9. The zero-order valence-corrected chi connectivity index (χ0v) is 17.7. The Morgan fingerprint density at radius 3 is 2.74 bits per heavy atom. The number of nitrogens with zero attached hydrogens (tertiary/aromatic N) is 3. The number of phenolic OH excluding ortho intramolecular Hbond substituents is 1. The maximum atomic E-state index is 10.8. The summed E-state index contributed by atoms with van der Waals surface area (Å²) < 4.78 is 11.4. The third kappa shape index (κ3) is 4.08. The number of fused-ring (bicyclic) bond motifs is 1. The van der Waals surface area contributed by atoms with Crippen molar-refractivity contribution >= 4 is 33.6 Å². The molecule has 0 fully saturated rings. The Hall–Kier alpha value is -3.85. The molecular weight excluding hydrogens is 416 g/mol. The zero-order chi connectivity index (χ0) is 21.8. The minimum Gasteiger partial charge on any atom is -0.504 e. The molecule has 9 heteroatoms. The lowest BCUT2D eigenvalue weighted by Gasteiger charge is -2.08. The van der Waals surface area contributed by atoms with E-state index >= 15 is 0 Å². The zero-order valence-electron chi connectivity index (χ0n) is 16.9. The highest BCUT2D eigenvalue weighted by Crippen LogP contribution is 2.47. The van der Waals surface area contributed by atoms with Crippen molar-refractivity contribution in [2.45, 2.75) is 6.92 Å². The smallest absolute Gasteiger partial charge is 0.167 e. The molecule has 4 rings (SSSR count). The molecule has 0 saturated carbocycles. The van der Waals surface area contributed by atoms with Crippen molar-refractivity contribution in [1.82, 2.24) is 9.97 Å². The molecule has 4 aromatic rings. The fraction of sp³-hybridized carbons (Fsp3) is 0.136. The molecule has 0 aliphatic rings. The Morgan fingerprint density at radius 1 is 1.13 bits per heavy atom. The predicted octanol–water partition coefficient (Wildman–Crippen LogP) is 4.62. The van der Waals surface area contributed by atoms with Crippen molar-refractivity contribution < 1.29 is 19.7 Å². The number of benzene rings is 2. The quantitative estimate of drug-likeness (QED) is 0.286. The van der Waals surface area contributed by atoms with Gasteiger partial charge in [0.2, 0.25) is 0 Å². The molecule has 0 unspecified atom stereocenters. The highest BCUT2D eigenvalue weighted by atomic mass is 32.1. The molecule has 0 atom stereocenters. The molecular formula is C22H20N4O4S. The highest BCUT2D eigenvalue weighted by Gasteiger charge is 2.19. The van der Waals surface area contributed by atoms with E-state index < -0.39 is 0 Å². The van der Waals surface area contributed by atoms with E-state index in [2.05, 4.69) is 20.5 Å². The molecule has 8 nitrogen and oxygen atoms in total. The molecule has 2 aromatic carbocycles. The van der Waals surface area contributed by atoms with Gasteiger partial charge in [0.25, 0.3) is 0 Å². The van der Waals surface area contributed by atoms with E-state index in [-0.39, 0.29) is 11.5 Å². The molecule has 0 amide bonds. The van der Waals surface area contributed by atoms with Gasteiger partial charge < -0.3 is 19.7 Å². The summed E-state index contributed by atoms with van der Waals surface area (Å²) in [4.78, 5) is 9.13. The normalized spacial score (nSPS) is 11.2. The molecule has 0 aliphatic heterocycles. The number of para-hydroxylation sites is 1. The Morgan fingerprint density at radius 2 is 1.97 bits per heavy atom. The number of hydrazone groups is 1. The van der Waals surface area contributed by atoms with Crippen LogP contribution in [0.2, 0.25) is 0 Å². The lowest BCUT2D eigenvalue weighted by Crippen LogP contribution is -1.94. The predicted molar refractivity (Wildman–Crippen MR) is 122 cm³/mol. The van der Waals surface area contributed by atoms with Crippen LogP contribution in [0.15, 0.2) is 53.9 Å². The number of hydrogen-bond donors (Lipinski definition) is 3. The minimum absolute atomic E-state index is 0.0247. The number of nitrogens with one attached hydrogen (secondary N) is 1. The van der Waals surface area contributed by atoms with Crippen LogP contribution < -0.4 is 14.9 Å². The number of aromatic nitrogens is 2. The summed E-state index contributed by atoms with van der Waals surface area (Å²) in [6.07, 6.45) is 2.91. The van der Waals surface area contributed by atoms with Crippen molar-refractivity contribution in [2.24, 2.45) is 5.10 Å². The summed E-state index contributed by atoms with van der Waals surface area (Å²) in [5, 5.41) is 24.9.